The van der Waals surface area contributed by atoms with Gasteiger partial charge in [-0.25, -0.2) is 0 Å². The van der Waals surface area contributed by atoms with Gasteiger partial charge in [0.2, 0.25) is 0 Å². The van der Waals surface area contributed by atoms with Crippen molar-refractivity contribution in [1.29, 1.82) is 0 Å². The van der Waals surface area contributed by atoms with Gasteiger partial charge in [0.15, 0.2) is 0 Å². The molecule has 1 fully saturated rings. The fourth-order valence-corrected chi connectivity index (χ4v) is 2.67. The van der Waals surface area contributed by atoms with Gasteiger partial charge in [-0.1, -0.05) is 6.07 Å². The Bertz CT molecular complexity index is 406. The summed E-state index contributed by atoms with van der Waals surface area (Å²) in [7, 11) is 1.60. The van der Waals surface area contributed by atoms with Crippen molar-refractivity contribution in [2.75, 3.05) is 39.9 Å². The van der Waals surface area contributed by atoms with Crippen LogP contribution in [0.4, 0.5) is 0 Å². The van der Waals surface area contributed by atoms with Crippen LogP contribution in [0.3, 0.4) is 0 Å². The van der Waals surface area contributed by atoms with Crippen molar-refractivity contribution in [3.8, 4) is 11.5 Å². The number of nitrogens with zero attached hydrogens (tertiary/aromatic N) is 1. The van der Waals surface area contributed by atoms with Crippen molar-refractivity contribution >= 4 is 0 Å². The van der Waals surface area contributed by atoms with E-state index in [1.807, 2.05) is 6.07 Å². The molecule has 1 heterocycles. The normalized spacial score (nSPS) is 18.2. The van der Waals surface area contributed by atoms with Crippen LogP contribution in [0.5, 0.6) is 11.5 Å². The number of nitrogens with one attached hydrogen (secondary N) is 1. The van der Waals surface area contributed by atoms with Crippen molar-refractivity contribution in [3.63, 3.8) is 0 Å². The highest BCUT2D eigenvalue weighted by atomic mass is 16.5. The number of benzene rings is 1. The molecule has 19 heavy (non-hydrogen) atoms. The van der Waals surface area contributed by atoms with E-state index in [0.717, 1.165) is 31.7 Å². The van der Waals surface area contributed by atoms with Crippen LogP contribution in [0.25, 0.3) is 0 Å². The minimum absolute atomic E-state index is 0.0109. The standard InChI is InChI=1S/C14H22N2O3/c1-19-13-4-2-3-12(18)14(13)11(5-10-17)16-8-6-15-7-9-16/h2-4,11,15,17-18H,5-10H2,1H3/t11-/m1/s1. The highest BCUT2D eigenvalue weighted by Crippen LogP contribution is 2.38. The number of methoxy groups -OCH3 is 1. The summed E-state index contributed by atoms with van der Waals surface area (Å²) in [5.74, 6) is 0.910. The van der Waals surface area contributed by atoms with E-state index in [1.54, 1.807) is 19.2 Å². The predicted molar refractivity (Wildman–Crippen MR) is 73.5 cm³/mol. The quantitative estimate of drug-likeness (QED) is 0.733. The second-order valence-corrected chi connectivity index (χ2v) is 4.71. The van der Waals surface area contributed by atoms with Gasteiger partial charge in [-0.2, -0.15) is 0 Å². The third kappa shape index (κ3) is 3.18. The Hall–Kier alpha value is -1.30. The first-order chi connectivity index (χ1) is 9.27. The molecule has 106 valence electrons. The van der Waals surface area contributed by atoms with Gasteiger partial charge in [-0.05, 0) is 18.6 Å². The van der Waals surface area contributed by atoms with E-state index in [2.05, 4.69) is 10.2 Å². The lowest BCUT2D eigenvalue weighted by atomic mass is 9.99. The zero-order chi connectivity index (χ0) is 13.7. The van der Waals surface area contributed by atoms with Crippen LogP contribution < -0.4 is 10.1 Å². The molecule has 0 radical (unpaired) electrons. The zero-order valence-electron chi connectivity index (χ0n) is 11.3. The molecule has 1 aliphatic rings. The number of ether oxygens (including phenoxy) is 1. The molecule has 0 bridgehead atoms. The Balaban J connectivity index is 2.32. The average Bonchev–Trinajstić information content (AvgIpc) is 2.46. The molecular weight excluding hydrogens is 244 g/mol. The molecule has 0 aromatic heterocycles. The Morgan fingerprint density at radius 3 is 2.74 bits per heavy atom. The number of phenolic OH excluding ortho intramolecular Hbond substituents is 1. The van der Waals surface area contributed by atoms with E-state index >= 15 is 0 Å². The van der Waals surface area contributed by atoms with Crippen LogP contribution >= 0.6 is 0 Å². The van der Waals surface area contributed by atoms with Crippen LogP contribution in [0.15, 0.2) is 18.2 Å². The number of aromatic hydroxyl groups is 1. The van der Waals surface area contributed by atoms with Crippen molar-refractivity contribution in [2.24, 2.45) is 0 Å². The zero-order valence-corrected chi connectivity index (χ0v) is 11.3. The van der Waals surface area contributed by atoms with Crippen LogP contribution in [-0.4, -0.2) is 55.0 Å². The molecule has 2 rings (SSSR count). The molecule has 1 saturated heterocycles. The predicted octanol–water partition coefficient (Wildman–Crippen LogP) is 0.729. The number of piperazine rings is 1. The smallest absolute Gasteiger partial charge is 0.127 e. The minimum atomic E-state index is -0.0109. The van der Waals surface area contributed by atoms with Gasteiger partial charge in [0.05, 0.1) is 12.7 Å². The average molecular weight is 266 g/mol. The number of aliphatic hydroxyl groups excluding tert-OH is 1. The number of aliphatic hydroxyl groups is 1. The highest BCUT2D eigenvalue weighted by molar-refractivity contribution is 5.46. The lowest BCUT2D eigenvalue weighted by molar-refractivity contribution is 0.137. The van der Waals surface area contributed by atoms with E-state index in [9.17, 15) is 10.2 Å². The molecule has 1 aromatic carbocycles. The Kier molecular flexibility index (Phi) is 5.01. The first-order valence-corrected chi connectivity index (χ1v) is 6.69. The lowest BCUT2D eigenvalue weighted by Gasteiger charge is -2.35. The molecule has 1 atom stereocenters. The van der Waals surface area contributed by atoms with E-state index in [4.69, 9.17) is 4.74 Å². The summed E-state index contributed by atoms with van der Waals surface area (Å²) in [6.07, 6.45) is 0.591. The van der Waals surface area contributed by atoms with Gasteiger partial charge in [-0.3, -0.25) is 4.90 Å². The molecule has 0 spiro atoms. The van der Waals surface area contributed by atoms with Crippen molar-refractivity contribution in [3.05, 3.63) is 23.8 Å². The first-order valence-electron chi connectivity index (χ1n) is 6.69. The largest absolute Gasteiger partial charge is 0.507 e. The maximum Gasteiger partial charge on any atom is 0.127 e. The summed E-state index contributed by atoms with van der Waals surface area (Å²) in [6, 6.07) is 5.28. The minimum Gasteiger partial charge on any atom is -0.507 e. The molecular formula is C14H22N2O3. The number of hydrogen-bond donors (Lipinski definition) is 3. The SMILES string of the molecule is COc1cccc(O)c1[C@@H](CCO)N1CCNCC1. The van der Waals surface area contributed by atoms with Crippen molar-refractivity contribution in [1.82, 2.24) is 10.2 Å². The lowest BCUT2D eigenvalue weighted by Crippen LogP contribution is -2.45. The third-order valence-electron chi connectivity index (χ3n) is 3.59. The number of rotatable bonds is 5. The molecule has 1 aliphatic heterocycles. The maximum absolute atomic E-state index is 10.1. The molecule has 3 N–H and O–H groups in total. The van der Waals surface area contributed by atoms with Gasteiger partial charge in [-0.15, -0.1) is 0 Å². The van der Waals surface area contributed by atoms with Gasteiger partial charge in [0.1, 0.15) is 11.5 Å². The van der Waals surface area contributed by atoms with Gasteiger partial charge < -0.3 is 20.3 Å². The molecule has 1 aromatic rings. The summed E-state index contributed by atoms with van der Waals surface area (Å²) in [4.78, 5) is 2.28. The van der Waals surface area contributed by atoms with Crippen molar-refractivity contribution < 1.29 is 14.9 Å². The second kappa shape index (κ2) is 6.75. The molecule has 5 heteroatoms. The molecule has 0 unspecified atom stereocenters. The number of hydrogen-bond acceptors (Lipinski definition) is 5. The molecule has 5 nitrogen and oxygen atoms in total. The van der Waals surface area contributed by atoms with Crippen LogP contribution in [0.2, 0.25) is 0 Å². The van der Waals surface area contributed by atoms with Gasteiger partial charge in [0.25, 0.3) is 0 Å². The molecule has 0 aliphatic carbocycles. The van der Waals surface area contributed by atoms with Crippen molar-refractivity contribution in [2.45, 2.75) is 12.5 Å². The Labute approximate surface area is 113 Å². The van der Waals surface area contributed by atoms with Crippen LogP contribution in [0, 0.1) is 0 Å². The van der Waals surface area contributed by atoms with Gasteiger partial charge >= 0.3 is 0 Å². The summed E-state index contributed by atoms with van der Waals surface area (Å²) >= 11 is 0. The summed E-state index contributed by atoms with van der Waals surface area (Å²) in [6.45, 7) is 3.76. The fraction of sp³-hybridized carbons (Fsp3) is 0.571. The first kappa shape index (κ1) is 14.1. The Morgan fingerprint density at radius 2 is 2.11 bits per heavy atom. The van der Waals surface area contributed by atoms with Crippen LogP contribution in [-0.2, 0) is 0 Å². The van der Waals surface area contributed by atoms with Crippen LogP contribution in [0.1, 0.15) is 18.0 Å². The molecule has 0 amide bonds. The van der Waals surface area contributed by atoms with Gasteiger partial charge in [0, 0.05) is 38.8 Å². The molecule has 0 saturated carbocycles. The van der Waals surface area contributed by atoms with E-state index in [0.29, 0.717) is 12.2 Å². The van der Waals surface area contributed by atoms with E-state index in [-0.39, 0.29) is 18.4 Å². The Morgan fingerprint density at radius 1 is 1.37 bits per heavy atom. The fourth-order valence-electron chi connectivity index (χ4n) is 2.67. The topological polar surface area (TPSA) is 65.0 Å². The monoisotopic (exact) mass is 266 g/mol. The van der Waals surface area contributed by atoms with E-state index < -0.39 is 0 Å². The van der Waals surface area contributed by atoms with E-state index in [1.165, 1.54) is 0 Å². The third-order valence-corrected chi connectivity index (χ3v) is 3.59. The number of phenols is 1. The summed E-state index contributed by atoms with van der Waals surface area (Å²) < 4.78 is 5.36. The maximum atomic E-state index is 10.1. The highest BCUT2D eigenvalue weighted by Gasteiger charge is 2.26. The second-order valence-electron chi connectivity index (χ2n) is 4.71. The summed E-state index contributed by atoms with van der Waals surface area (Å²) in [5, 5.41) is 22.8. The summed E-state index contributed by atoms with van der Waals surface area (Å²) in [5.41, 5.74) is 0.779.